The Balaban J connectivity index is 1.53. The number of carbonyl (C=O) groups excluding carboxylic acids is 2. The van der Waals surface area contributed by atoms with Gasteiger partial charge in [0.05, 0.1) is 5.92 Å². The minimum Gasteiger partial charge on any atom is -0.371 e. The van der Waals surface area contributed by atoms with Gasteiger partial charge in [-0.05, 0) is 55.2 Å². The van der Waals surface area contributed by atoms with Crippen molar-refractivity contribution in [2.75, 3.05) is 28.6 Å². The second-order valence-electron chi connectivity index (χ2n) is 7.08. The maximum Gasteiger partial charge on any atom is 0.232 e. The number of hydrogen-bond donors (Lipinski definition) is 2. The smallest absolute Gasteiger partial charge is 0.232 e. The van der Waals surface area contributed by atoms with Gasteiger partial charge in [0.1, 0.15) is 0 Å². The second-order valence-corrected chi connectivity index (χ2v) is 7.08. The number of benzene rings is 2. The Morgan fingerprint density at radius 2 is 1.92 bits per heavy atom. The first-order chi connectivity index (χ1) is 12.6. The van der Waals surface area contributed by atoms with Crippen molar-refractivity contribution >= 4 is 28.9 Å². The summed E-state index contributed by atoms with van der Waals surface area (Å²) in [5.74, 6) is -0.719. The number of rotatable bonds is 3. The van der Waals surface area contributed by atoms with Crippen molar-refractivity contribution in [1.82, 2.24) is 0 Å². The minimum absolute atomic E-state index is 0.121. The lowest BCUT2D eigenvalue weighted by molar-refractivity contribution is -0.123. The fraction of sp³-hybridized carbons (Fsp3) is 0.333. The van der Waals surface area contributed by atoms with Gasteiger partial charge in [0, 0.05) is 36.6 Å². The third kappa shape index (κ3) is 3.17. The van der Waals surface area contributed by atoms with E-state index in [9.17, 15) is 9.59 Å². The van der Waals surface area contributed by atoms with Crippen LogP contribution in [0.1, 0.15) is 36.3 Å². The summed E-state index contributed by atoms with van der Waals surface area (Å²) in [6, 6.07) is 13.5. The van der Waals surface area contributed by atoms with Crippen LogP contribution in [0, 0.1) is 6.92 Å². The molecule has 0 aliphatic carbocycles. The van der Waals surface area contributed by atoms with Gasteiger partial charge in [-0.1, -0.05) is 18.2 Å². The van der Waals surface area contributed by atoms with E-state index in [1.54, 1.807) is 0 Å². The Morgan fingerprint density at radius 1 is 1.15 bits per heavy atom. The standard InChI is InChI=1S/C21H23N3O2/c1-14-12-15(8-9-19(14)24-10-4-5-11-24)22-21(26)17-13-20(25)23-18-7-3-2-6-16(17)18/h2-3,6-9,12,17H,4-5,10-11,13H2,1H3,(H,22,26)(H,23,25). The van der Waals surface area contributed by atoms with E-state index in [1.807, 2.05) is 36.4 Å². The molecule has 1 atom stereocenters. The number of para-hydroxylation sites is 1. The van der Waals surface area contributed by atoms with E-state index in [1.165, 1.54) is 18.5 Å². The molecule has 0 saturated carbocycles. The van der Waals surface area contributed by atoms with Crippen molar-refractivity contribution in [2.24, 2.45) is 0 Å². The Kier molecular flexibility index (Phi) is 4.37. The number of hydrogen-bond acceptors (Lipinski definition) is 3. The SMILES string of the molecule is Cc1cc(NC(=O)C2CC(=O)Nc3ccccc32)ccc1N1CCCC1. The topological polar surface area (TPSA) is 61.4 Å². The molecular formula is C21H23N3O2. The molecule has 0 aromatic heterocycles. The highest BCUT2D eigenvalue weighted by Crippen LogP contribution is 2.33. The van der Waals surface area contributed by atoms with E-state index in [-0.39, 0.29) is 18.2 Å². The van der Waals surface area contributed by atoms with Gasteiger partial charge in [-0.3, -0.25) is 9.59 Å². The summed E-state index contributed by atoms with van der Waals surface area (Å²) in [5, 5.41) is 5.83. The third-order valence-corrected chi connectivity index (χ3v) is 5.23. The average Bonchev–Trinajstić information content (AvgIpc) is 3.15. The van der Waals surface area contributed by atoms with Gasteiger partial charge in [-0.25, -0.2) is 0 Å². The van der Waals surface area contributed by atoms with Crippen molar-refractivity contribution in [2.45, 2.75) is 32.1 Å². The van der Waals surface area contributed by atoms with Crippen LogP contribution in [0.3, 0.4) is 0 Å². The van der Waals surface area contributed by atoms with Crippen molar-refractivity contribution in [3.05, 3.63) is 53.6 Å². The number of amides is 2. The molecule has 5 nitrogen and oxygen atoms in total. The molecule has 2 aliphatic heterocycles. The Bertz CT molecular complexity index is 856. The summed E-state index contributed by atoms with van der Waals surface area (Å²) in [6.45, 7) is 4.27. The zero-order valence-corrected chi connectivity index (χ0v) is 14.9. The highest BCUT2D eigenvalue weighted by molar-refractivity contribution is 6.05. The van der Waals surface area contributed by atoms with Crippen LogP contribution in [0.25, 0.3) is 0 Å². The largest absolute Gasteiger partial charge is 0.371 e. The molecule has 134 valence electrons. The van der Waals surface area contributed by atoms with E-state index in [0.29, 0.717) is 0 Å². The van der Waals surface area contributed by atoms with E-state index in [0.717, 1.165) is 35.6 Å². The average molecular weight is 349 g/mol. The van der Waals surface area contributed by atoms with Crippen molar-refractivity contribution in [1.29, 1.82) is 0 Å². The Hall–Kier alpha value is -2.82. The molecule has 4 rings (SSSR count). The maximum atomic E-state index is 12.8. The first kappa shape index (κ1) is 16.6. The molecule has 1 saturated heterocycles. The van der Waals surface area contributed by atoms with Gasteiger partial charge in [-0.2, -0.15) is 0 Å². The number of nitrogens with one attached hydrogen (secondary N) is 2. The summed E-state index contributed by atoms with van der Waals surface area (Å²) in [4.78, 5) is 27.2. The highest BCUT2D eigenvalue weighted by atomic mass is 16.2. The Labute approximate surface area is 153 Å². The molecule has 2 aromatic rings. The first-order valence-corrected chi connectivity index (χ1v) is 9.17. The van der Waals surface area contributed by atoms with E-state index in [4.69, 9.17) is 0 Å². The predicted octanol–water partition coefficient (Wildman–Crippen LogP) is 3.66. The molecule has 2 aliphatic rings. The quantitative estimate of drug-likeness (QED) is 0.889. The molecular weight excluding hydrogens is 326 g/mol. The van der Waals surface area contributed by atoms with Crippen LogP contribution in [0.5, 0.6) is 0 Å². The molecule has 0 spiro atoms. The summed E-state index contributed by atoms with van der Waals surface area (Å²) in [6.07, 6.45) is 2.65. The molecule has 1 fully saturated rings. The molecule has 2 N–H and O–H groups in total. The van der Waals surface area contributed by atoms with E-state index in [2.05, 4.69) is 28.5 Å². The molecule has 0 radical (unpaired) electrons. The normalized spacial score (nSPS) is 19.0. The molecule has 0 bridgehead atoms. The third-order valence-electron chi connectivity index (χ3n) is 5.23. The summed E-state index contributed by atoms with van der Waals surface area (Å²) < 4.78 is 0. The van der Waals surface area contributed by atoms with Gasteiger partial charge in [0.15, 0.2) is 0 Å². The van der Waals surface area contributed by atoms with Crippen LogP contribution in [0.2, 0.25) is 0 Å². The lowest BCUT2D eigenvalue weighted by Crippen LogP contribution is -2.30. The molecule has 2 heterocycles. The monoisotopic (exact) mass is 349 g/mol. The lowest BCUT2D eigenvalue weighted by atomic mass is 9.89. The van der Waals surface area contributed by atoms with Crippen LogP contribution >= 0.6 is 0 Å². The summed E-state index contributed by atoms with van der Waals surface area (Å²) >= 11 is 0. The Morgan fingerprint density at radius 3 is 2.69 bits per heavy atom. The first-order valence-electron chi connectivity index (χ1n) is 9.17. The van der Waals surface area contributed by atoms with Crippen molar-refractivity contribution < 1.29 is 9.59 Å². The van der Waals surface area contributed by atoms with Gasteiger partial charge in [0.2, 0.25) is 11.8 Å². The maximum absolute atomic E-state index is 12.8. The van der Waals surface area contributed by atoms with Gasteiger partial charge >= 0.3 is 0 Å². The van der Waals surface area contributed by atoms with Crippen LogP contribution in [-0.2, 0) is 9.59 Å². The van der Waals surface area contributed by atoms with Crippen LogP contribution in [-0.4, -0.2) is 24.9 Å². The predicted molar refractivity (Wildman–Crippen MR) is 104 cm³/mol. The fourth-order valence-corrected chi connectivity index (χ4v) is 3.92. The van der Waals surface area contributed by atoms with E-state index >= 15 is 0 Å². The number of nitrogens with zero attached hydrogens (tertiary/aromatic N) is 1. The lowest BCUT2D eigenvalue weighted by Gasteiger charge is -2.25. The van der Waals surface area contributed by atoms with Gasteiger partial charge in [-0.15, -0.1) is 0 Å². The fourth-order valence-electron chi connectivity index (χ4n) is 3.92. The van der Waals surface area contributed by atoms with E-state index < -0.39 is 5.92 Å². The zero-order chi connectivity index (χ0) is 18.1. The van der Waals surface area contributed by atoms with Crippen molar-refractivity contribution in [3.63, 3.8) is 0 Å². The number of fused-ring (bicyclic) bond motifs is 1. The molecule has 2 aromatic carbocycles. The van der Waals surface area contributed by atoms with Gasteiger partial charge in [0.25, 0.3) is 0 Å². The summed E-state index contributed by atoms with van der Waals surface area (Å²) in [7, 11) is 0. The van der Waals surface area contributed by atoms with Crippen LogP contribution in [0.4, 0.5) is 17.1 Å². The zero-order valence-electron chi connectivity index (χ0n) is 14.9. The number of carbonyl (C=O) groups is 2. The van der Waals surface area contributed by atoms with Crippen LogP contribution < -0.4 is 15.5 Å². The number of anilines is 3. The molecule has 26 heavy (non-hydrogen) atoms. The molecule has 5 heteroatoms. The van der Waals surface area contributed by atoms with Crippen LogP contribution in [0.15, 0.2) is 42.5 Å². The van der Waals surface area contributed by atoms with Crippen molar-refractivity contribution in [3.8, 4) is 0 Å². The molecule has 1 unspecified atom stereocenters. The highest BCUT2D eigenvalue weighted by Gasteiger charge is 2.30. The van der Waals surface area contributed by atoms with Gasteiger partial charge < -0.3 is 15.5 Å². The summed E-state index contributed by atoms with van der Waals surface area (Å²) in [5.41, 5.74) is 4.77. The second kappa shape index (κ2) is 6.83. The number of aryl methyl sites for hydroxylation is 1. The molecule has 2 amide bonds. The minimum atomic E-state index is -0.460.